The second-order valence-electron chi connectivity index (χ2n) is 9.06. The molecule has 0 aliphatic rings. The minimum atomic E-state index is -4.54. The van der Waals surface area contributed by atoms with Crippen LogP contribution in [0.4, 0.5) is 22.0 Å². The van der Waals surface area contributed by atoms with Gasteiger partial charge in [-0.25, -0.2) is 18.6 Å². The van der Waals surface area contributed by atoms with E-state index in [1.165, 1.54) is 43.6 Å². The van der Waals surface area contributed by atoms with Crippen molar-refractivity contribution in [1.29, 1.82) is 0 Å². The number of aryl methyl sites for hydroxylation is 1. The maximum absolute atomic E-state index is 13.9. The van der Waals surface area contributed by atoms with Crippen molar-refractivity contribution < 1.29 is 31.8 Å². The number of nitrogens with zero attached hydrogens (tertiary/aromatic N) is 3. The first-order chi connectivity index (χ1) is 18.3. The van der Waals surface area contributed by atoms with Crippen LogP contribution in [0, 0.1) is 0 Å². The van der Waals surface area contributed by atoms with Gasteiger partial charge >= 0.3 is 11.9 Å². The lowest BCUT2D eigenvalue weighted by Crippen LogP contribution is -2.40. The summed E-state index contributed by atoms with van der Waals surface area (Å²) in [4.78, 5) is 30.6. The summed E-state index contributed by atoms with van der Waals surface area (Å²) in [7, 11) is 1.40. The number of aliphatic hydroxyl groups excluding tert-OH is 1. The van der Waals surface area contributed by atoms with Gasteiger partial charge in [-0.3, -0.25) is 13.9 Å². The highest BCUT2D eigenvalue weighted by Crippen LogP contribution is 2.35. The van der Waals surface area contributed by atoms with Crippen molar-refractivity contribution in [2.45, 2.75) is 38.4 Å². The highest BCUT2D eigenvalue weighted by Gasteiger charge is 2.30. The van der Waals surface area contributed by atoms with Gasteiger partial charge in [-0.2, -0.15) is 13.2 Å². The Kier molecular flexibility index (Phi) is 7.60. The van der Waals surface area contributed by atoms with Crippen molar-refractivity contribution in [1.82, 2.24) is 14.1 Å². The average Bonchev–Trinajstić information content (AvgIpc) is 2.87. The molecule has 4 aromatic rings. The summed E-state index contributed by atoms with van der Waals surface area (Å²) in [6.07, 6.45) is -3.28. The Labute approximate surface area is 218 Å². The third-order valence-electron chi connectivity index (χ3n) is 6.19. The Bertz CT molecular complexity index is 1620. The molecule has 0 aliphatic heterocycles. The molecule has 0 saturated carbocycles. The van der Waals surface area contributed by atoms with Crippen molar-refractivity contribution in [3.8, 4) is 11.5 Å². The minimum Gasteiger partial charge on any atom is -0.455 e. The van der Waals surface area contributed by atoms with Crippen LogP contribution in [0.2, 0.25) is 0 Å². The van der Waals surface area contributed by atoms with Crippen molar-refractivity contribution in [3.05, 3.63) is 97.8 Å². The van der Waals surface area contributed by atoms with E-state index < -0.39 is 28.9 Å². The van der Waals surface area contributed by atoms with Crippen LogP contribution >= 0.6 is 0 Å². The molecule has 0 radical (unpaired) electrons. The molecule has 0 spiro atoms. The topological polar surface area (TPSA) is 86.3 Å². The van der Waals surface area contributed by atoms with E-state index in [0.29, 0.717) is 5.56 Å². The van der Waals surface area contributed by atoms with Crippen molar-refractivity contribution in [2.24, 2.45) is 7.05 Å². The van der Waals surface area contributed by atoms with Gasteiger partial charge in [0.1, 0.15) is 17.1 Å². The van der Waals surface area contributed by atoms with Crippen molar-refractivity contribution >= 4 is 11.0 Å². The third kappa shape index (κ3) is 5.85. The molecule has 0 unspecified atom stereocenters. The van der Waals surface area contributed by atoms with Crippen LogP contribution in [-0.4, -0.2) is 25.8 Å². The number of benzene rings is 2. The monoisotopic (exact) mass is 549 g/mol. The summed E-state index contributed by atoms with van der Waals surface area (Å²) in [5.74, 6) is -3.12. The van der Waals surface area contributed by atoms with Gasteiger partial charge in [-0.15, -0.1) is 0 Å². The summed E-state index contributed by atoms with van der Waals surface area (Å²) >= 11 is 0. The van der Waals surface area contributed by atoms with Gasteiger partial charge in [0.15, 0.2) is 0 Å². The van der Waals surface area contributed by atoms with Gasteiger partial charge in [0.25, 0.3) is 11.5 Å². The van der Waals surface area contributed by atoms with Crippen LogP contribution in [0.25, 0.3) is 11.0 Å². The van der Waals surface area contributed by atoms with E-state index in [1.807, 2.05) is 0 Å². The molecule has 4 rings (SSSR count). The number of hydrogen-bond acceptors (Lipinski definition) is 5. The summed E-state index contributed by atoms with van der Waals surface area (Å²) < 4.78 is 75.0. The van der Waals surface area contributed by atoms with Crippen LogP contribution < -0.4 is 16.0 Å². The third-order valence-corrected chi connectivity index (χ3v) is 6.19. The van der Waals surface area contributed by atoms with E-state index in [-0.39, 0.29) is 59.7 Å². The van der Waals surface area contributed by atoms with Gasteiger partial charge in [-0.05, 0) is 36.2 Å². The fourth-order valence-corrected chi connectivity index (χ4v) is 4.16. The molecule has 7 nitrogen and oxygen atoms in total. The molecule has 0 saturated heterocycles. The van der Waals surface area contributed by atoms with Crippen molar-refractivity contribution in [3.63, 3.8) is 0 Å². The first-order valence-corrected chi connectivity index (χ1v) is 11.9. The molecule has 206 valence electrons. The Hall–Kier alpha value is -4.06. The second kappa shape index (κ2) is 10.6. The van der Waals surface area contributed by atoms with Crippen LogP contribution in [0.15, 0.2) is 64.3 Å². The largest absolute Gasteiger partial charge is 0.455 e. The Balaban J connectivity index is 1.92. The number of aromatic nitrogens is 3. The molecule has 2 aromatic heterocycles. The first-order valence-electron chi connectivity index (χ1n) is 11.9. The van der Waals surface area contributed by atoms with Crippen molar-refractivity contribution in [2.75, 3.05) is 6.61 Å². The molecule has 1 N–H and O–H groups in total. The van der Waals surface area contributed by atoms with E-state index in [1.54, 1.807) is 0 Å². The fraction of sp³-hybridized carbons (Fsp3) is 0.296. The maximum atomic E-state index is 13.9. The molecular formula is C27H24F5N3O4. The SMILES string of the molecule is Cn1c(=O)n(CCCO)c(=O)c2c(Cc3ccc(C(F)(F)F)cc3)c(Oc3cccc(C(C)(F)F)c3)cnc21. The predicted octanol–water partition coefficient (Wildman–Crippen LogP) is 4.99. The zero-order valence-corrected chi connectivity index (χ0v) is 20.9. The number of aliphatic hydroxyl groups is 1. The molecular weight excluding hydrogens is 525 g/mol. The molecule has 0 atom stereocenters. The number of rotatable bonds is 8. The maximum Gasteiger partial charge on any atom is 0.416 e. The first kappa shape index (κ1) is 28.0. The van der Waals surface area contributed by atoms with Gasteiger partial charge in [0.2, 0.25) is 0 Å². The number of ether oxygens (including phenoxy) is 1. The summed E-state index contributed by atoms with van der Waals surface area (Å²) in [5.41, 5.74) is -1.96. The van der Waals surface area contributed by atoms with Gasteiger partial charge < -0.3 is 9.84 Å². The molecule has 0 bridgehead atoms. The zero-order valence-electron chi connectivity index (χ0n) is 20.9. The fourth-order valence-electron chi connectivity index (χ4n) is 4.16. The normalized spacial score (nSPS) is 12.2. The molecule has 2 heterocycles. The van der Waals surface area contributed by atoms with E-state index in [2.05, 4.69) is 4.98 Å². The number of hydrogen-bond donors (Lipinski definition) is 1. The zero-order chi connectivity index (χ0) is 28.5. The Morgan fingerprint density at radius 3 is 2.31 bits per heavy atom. The molecule has 12 heteroatoms. The summed E-state index contributed by atoms with van der Waals surface area (Å²) in [6.45, 7) is 0.372. The van der Waals surface area contributed by atoms with E-state index in [0.717, 1.165) is 34.3 Å². The Morgan fingerprint density at radius 1 is 1.00 bits per heavy atom. The number of fused-ring (bicyclic) bond motifs is 1. The second-order valence-corrected chi connectivity index (χ2v) is 9.06. The van der Waals surface area contributed by atoms with Crippen LogP contribution in [0.1, 0.15) is 35.6 Å². The minimum absolute atomic E-state index is 0.00317. The lowest BCUT2D eigenvalue weighted by Gasteiger charge is -2.17. The number of pyridine rings is 1. The standard InChI is InChI=1S/C27H24F5N3O4/c1-26(28,29)18-5-3-6-19(14-18)39-21-15-33-23-22(24(37)35(11-4-12-36)25(38)34(23)2)20(21)13-16-7-9-17(10-8-16)27(30,31)32/h3,5-10,14-15,36H,4,11-13H2,1-2H3. The van der Waals surface area contributed by atoms with Crippen LogP contribution in [0.3, 0.4) is 0 Å². The molecule has 0 aliphatic carbocycles. The molecule has 39 heavy (non-hydrogen) atoms. The average molecular weight is 549 g/mol. The molecule has 0 fully saturated rings. The van der Waals surface area contributed by atoms with Crippen LogP contribution in [0.5, 0.6) is 11.5 Å². The molecule has 2 aromatic carbocycles. The smallest absolute Gasteiger partial charge is 0.416 e. The number of halogens is 5. The van der Waals surface area contributed by atoms with Gasteiger partial charge in [0.05, 0.1) is 17.1 Å². The quantitative estimate of drug-likeness (QED) is 0.313. The lowest BCUT2D eigenvalue weighted by molar-refractivity contribution is -0.137. The van der Waals surface area contributed by atoms with Gasteiger partial charge in [0, 0.05) is 44.7 Å². The highest BCUT2D eigenvalue weighted by atomic mass is 19.4. The highest BCUT2D eigenvalue weighted by molar-refractivity contribution is 5.81. The van der Waals surface area contributed by atoms with Crippen LogP contribution in [-0.2, 0) is 32.1 Å². The van der Waals surface area contributed by atoms with E-state index in [9.17, 15) is 36.6 Å². The lowest BCUT2D eigenvalue weighted by atomic mass is 10.0. The Morgan fingerprint density at radius 2 is 1.69 bits per heavy atom. The van der Waals surface area contributed by atoms with Gasteiger partial charge in [-0.1, -0.05) is 24.3 Å². The van der Waals surface area contributed by atoms with E-state index >= 15 is 0 Å². The van der Waals surface area contributed by atoms with E-state index in [4.69, 9.17) is 4.74 Å². The summed E-state index contributed by atoms with van der Waals surface area (Å²) in [6, 6.07) is 9.48. The molecule has 0 amide bonds. The summed E-state index contributed by atoms with van der Waals surface area (Å²) in [5, 5.41) is 9.20. The number of alkyl halides is 5. The predicted molar refractivity (Wildman–Crippen MR) is 133 cm³/mol.